The van der Waals surface area contributed by atoms with Gasteiger partial charge in [-0.3, -0.25) is 4.79 Å². The molecule has 1 atom stereocenters. The molecule has 1 heterocycles. The quantitative estimate of drug-likeness (QED) is 0.475. The third-order valence-corrected chi connectivity index (χ3v) is 5.78. The second kappa shape index (κ2) is 9.93. The Morgan fingerprint density at radius 1 is 1.21 bits per heavy atom. The number of aromatic carboxylic acids is 1. The number of hydrogen-bond acceptors (Lipinski definition) is 4. The molecule has 0 aliphatic heterocycles. The van der Waals surface area contributed by atoms with Gasteiger partial charge < -0.3 is 19.5 Å². The van der Waals surface area contributed by atoms with Crippen molar-refractivity contribution in [3.05, 3.63) is 74.3 Å². The zero-order valence-electron chi connectivity index (χ0n) is 18.9. The minimum absolute atomic E-state index is 0.00909. The van der Waals surface area contributed by atoms with Crippen LogP contribution in [-0.4, -0.2) is 33.5 Å². The first kappa shape index (κ1) is 24.7. The summed E-state index contributed by atoms with van der Waals surface area (Å²) >= 11 is 5.92. The molecule has 176 valence electrons. The number of hydrogen-bond donors (Lipinski definition) is 2. The van der Waals surface area contributed by atoms with E-state index in [2.05, 4.69) is 0 Å². The van der Waals surface area contributed by atoms with Crippen LogP contribution in [0.2, 0.25) is 5.02 Å². The minimum atomic E-state index is -1.37. The Labute approximate surface area is 196 Å². The summed E-state index contributed by atoms with van der Waals surface area (Å²) in [5.74, 6) is -1.63. The van der Waals surface area contributed by atoms with Crippen LogP contribution in [0.15, 0.2) is 41.3 Å². The zero-order chi connectivity index (χ0) is 24.4. The molecular formula is C25H27ClFNO5. The number of carbonyl (C=O) groups is 1. The summed E-state index contributed by atoms with van der Waals surface area (Å²) in [7, 11) is 0. The highest BCUT2D eigenvalue weighted by Gasteiger charge is 2.24. The first-order valence-electron chi connectivity index (χ1n) is 10.7. The molecule has 0 bridgehead atoms. The normalized spacial score (nSPS) is 12.5. The summed E-state index contributed by atoms with van der Waals surface area (Å²) in [6, 6.07) is 7.47. The number of halogens is 2. The van der Waals surface area contributed by atoms with E-state index in [-0.39, 0.29) is 35.5 Å². The second-order valence-electron chi connectivity index (χ2n) is 8.62. The van der Waals surface area contributed by atoms with E-state index in [4.69, 9.17) is 16.3 Å². The molecule has 0 saturated heterocycles. The molecular weight excluding hydrogens is 449 g/mol. The van der Waals surface area contributed by atoms with Crippen LogP contribution in [0.25, 0.3) is 10.9 Å². The highest BCUT2D eigenvalue weighted by molar-refractivity contribution is 6.30. The van der Waals surface area contributed by atoms with Crippen LogP contribution in [0, 0.1) is 11.7 Å². The number of rotatable bonds is 8. The number of benzene rings is 2. The van der Waals surface area contributed by atoms with Gasteiger partial charge in [0.05, 0.1) is 34.7 Å². The summed E-state index contributed by atoms with van der Waals surface area (Å²) in [6.45, 7) is 7.19. The molecule has 0 amide bonds. The highest BCUT2D eigenvalue weighted by atomic mass is 35.5. The fourth-order valence-corrected chi connectivity index (χ4v) is 4.09. The van der Waals surface area contributed by atoms with Crippen LogP contribution < -0.4 is 10.2 Å². The van der Waals surface area contributed by atoms with Gasteiger partial charge >= 0.3 is 5.97 Å². The van der Waals surface area contributed by atoms with Crippen molar-refractivity contribution in [2.75, 3.05) is 6.61 Å². The molecule has 2 N–H and O–H groups in total. The number of aliphatic hydroxyl groups is 1. The monoisotopic (exact) mass is 475 g/mol. The van der Waals surface area contributed by atoms with Gasteiger partial charge in [-0.25, -0.2) is 9.18 Å². The molecule has 2 aromatic carbocycles. The van der Waals surface area contributed by atoms with Crippen molar-refractivity contribution in [3.63, 3.8) is 0 Å². The second-order valence-corrected chi connectivity index (χ2v) is 9.03. The largest absolute Gasteiger partial charge is 0.489 e. The maximum atomic E-state index is 14.5. The van der Waals surface area contributed by atoms with E-state index in [0.29, 0.717) is 22.4 Å². The van der Waals surface area contributed by atoms with Gasteiger partial charge in [0.15, 0.2) is 0 Å². The average molecular weight is 476 g/mol. The number of ether oxygens (including phenoxy) is 1. The predicted molar refractivity (Wildman–Crippen MR) is 126 cm³/mol. The van der Waals surface area contributed by atoms with E-state index in [0.717, 1.165) is 0 Å². The molecule has 0 aliphatic rings. The van der Waals surface area contributed by atoms with Crippen LogP contribution in [0.1, 0.15) is 55.2 Å². The maximum absolute atomic E-state index is 14.5. The van der Waals surface area contributed by atoms with Gasteiger partial charge in [-0.15, -0.1) is 0 Å². The third-order valence-electron chi connectivity index (χ3n) is 5.48. The van der Waals surface area contributed by atoms with E-state index in [1.165, 1.54) is 12.3 Å². The first-order valence-corrected chi connectivity index (χ1v) is 11.1. The van der Waals surface area contributed by atoms with Gasteiger partial charge in [-0.05, 0) is 49.1 Å². The molecule has 0 fully saturated rings. The van der Waals surface area contributed by atoms with Crippen molar-refractivity contribution in [2.45, 2.75) is 46.3 Å². The Bertz CT molecular complexity index is 1250. The van der Waals surface area contributed by atoms with Gasteiger partial charge in [-0.1, -0.05) is 37.6 Å². The molecule has 1 aromatic heterocycles. The number of nitrogens with zero attached hydrogens (tertiary/aromatic N) is 1. The molecule has 6 nitrogen and oxygen atoms in total. The standard InChI is InChI=1S/C25H27ClFNO5/c1-13(2)20(12-29)28-11-18(25(31)32)24(30)17-9-15(10-21(23(17)28)33-14(3)4)8-16-6-5-7-19(26)22(16)27/h5-7,9-11,13-14,20,29H,8,12H2,1-4H3,(H,31,32)/t20-/m1/s1. The molecule has 0 unspecified atom stereocenters. The maximum Gasteiger partial charge on any atom is 0.341 e. The number of aliphatic hydroxyl groups excluding tert-OH is 1. The summed E-state index contributed by atoms with van der Waals surface area (Å²) in [4.78, 5) is 25.0. The third kappa shape index (κ3) is 5.04. The molecule has 33 heavy (non-hydrogen) atoms. The average Bonchev–Trinajstić information content (AvgIpc) is 2.72. The lowest BCUT2D eigenvalue weighted by atomic mass is 9.98. The van der Waals surface area contributed by atoms with E-state index >= 15 is 0 Å². The van der Waals surface area contributed by atoms with E-state index in [1.54, 1.807) is 28.8 Å². The van der Waals surface area contributed by atoms with Crippen molar-refractivity contribution in [1.82, 2.24) is 4.57 Å². The number of fused-ring (bicyclic) bond motifs is 1. The van der Waals surface area contributed by atoms with Gasteiger partial charge in [0, 0.05) is 12.6 Å². The summed E-state index contributed by atoms with van der Waals surface area (Å²) in [5, 5.41) is 19.8. The lowest BCUT2D eigenvalue weighted by molar-refractivity contribution is 0.0693. The van der Waals surface area contributed by atoms with E-state index in [9.17, 15) is 24.2 Å². The highest BCUT2D eigenvalue weighted by Crippen LogP contribution is 2.33. The van der Waals surface area contributed by atoms with Crippen LogP contribution in [0.4, 0.5) is 4.39 Å². The topological polar surface area (TPSA) is 88.8 Å². The van der Waals surface area contributed by atoms with Crippen LogP contribution in [-0.2, 0) is 6.42 Å². The number of pyridine rings is 1. The van der Waals surface area contributed by atoms with E-state index < -0.39 is 28.8 Å². The van der Waals surface area contributed by atoms with Crippen molar-refractivity contribution < 1.29 is 24.1 Å². The SMILES string of the molecule is CC(C)Oc1cc(Cc2cccc(Cl)c2F)cc2c(=O)c(C(=O)O)cn([C@H](CO)C(C)C)c12. The Kier molecular flexibility index (Phi) is 7.44. The van der Waals surface area contributed by atoms with Gasteiger partial charge in [0.2, 0.25) is 5.43 Å². The molecule has 8 heteroatoms. The van der Waals surface area contributed by atoms with Crippen molar-refractivity contribution >= 4 is 28.5 Å². The Morgan fingerprint density at radius 2 is 1.91 bits per heavy atom. The summed E-state index contributed by atoms with van der Waals surface area (Å²) in [6.07, 6.45) is 1.14. The fraction of sp³-hybridized carbons (Fsp3) is 0.360. The van der Waals surface area contributed by atoms with Crippen molar-refractivity contribution in [3.8, 4) is 5.75 Å². The van der Waals surface area contributed by atoms with Crippen molar-refractivity contribution in [1.29, 1.82) is 0 Å². The predicted octanol–water partition coefficient (Wildman–Crippen LogP) is 5.06. The Morgan fingerprint density at radius 3 is 2.48 bits per heavy atom. The van der Waals surface area contributed by atoms with Gasteiger partial charge in [0.1, 0.15) is 17.1 Å². The number of aromatic nitrogens is 1. The molecule has 0 saturated carbocycles. The Hall–Kier alpha value is -2.90. The number of carboxylic acids is 1. The molecule has 0 spiro atoms. The number of carboxylic acid groups (broad SMARTS) is 1. The molecule has 3 aromatic rings. The Balaban J connectivity index is 2.37. The minimum Gasteiger partial charge on any atom is -0.489 e. The van der Waals surface area contributed by atoms with E-state index in [1.807, 2.05) is 27.7 Å². The summed E-state index contributed by atoms with van der Waals surface area (Å²) < 4.78 is 22.2. The van der Waals surface area contributed by atoms with Crippen LogP contribution >= 0.6 is 11.6 Å². The first-order chi connectivity index (χ1) is 15.5. The van der Waals surface area contributed by atoms with Gasteiger partial charge in [-0.2, -0.15) is 0 Å². The summed E-state index contributed by atoms with van der Waals surface area (Å²) in [5.41, 5.74) is 0.208. The smallest absolute Gasteiger partial charge is 0.341 e. The van der Waals surface area contributed by atoms with Crippen molar-refractivity contribution in [2.24, 2.45) is 5.92 Å². The molecule has 0 radical (unpaired) electrons. The van der Waals surface area contributed by atoms with Crippen LogP contribution in [0.5, 0.6) is 5.75 Å². The zero-order valence-corrected chi connectivity index (χ0v) is 19.7. The molecule has 0 aliphatic carbocycles. The van der Waals surface area contributed by atoms with Crippen LogP contribution in [0.3, 0.4) is 0 Å². The van der Waals surface area contributed by atoms with Gasteiger partial charge in [0.25, 0.3) is 0 Å². The fourth-order valence-electron chi connectivity index (χ4n) is 3.90. The lowest BCUT2D eigenvalue weighted by Crippen LogP contribution is -2.26. The molecule has 3 rings (SSSR count). The lowest BCUT2D eigenvalue weighted by Gasteiger charge is -2.26.